The number of pyridine rings is 1. The fourth-order valence-corrected chi connectivity index (χ4v) is 1.53. The number of rotatable bonds is 3. The lowest BCUT2D eigenvalue weighted by Gasteiger charge is -1.99. The minimum absolute atomic E-state index is 0.0186. The largest absolute Gasteiger partial charge is 0.478 e. The molecule has 2 aromatic rings. The summed E-state index contributed by atoms with van der Waals surface area (Å²) in [6.45, 7) is 2.03. The predicted molar refractivity (Wildman–Crippen MR) is 78.9 cm³/mol. The van der Waals surface area contributed by atoms with Gasteiger partial charge in [-0.1, -0.05) is 12.1 Å². The molecule has 0 bridgehead atoms. The highest BCUT2D eigenvalue weighted by molar-refractivity contribution is 5.93. The maximum absolute atomic E-state index is 10.4. The lowest BCUT2D eigenvalue weighted by molar-refractivity contribution is 0.0696. The lowest BCUT2D eigenvalue weighted by atomic mass is 10.1. The molecule has 0 unspecified atom stereocenters. The maximum atomic E-state index is 10.4. The van der Waals surface area contributed by atoms with Gasteiger partial charge in [-0.05, 0) is 36.8 Å². The molecule has 0 spiro atoms. The molecule has 1 aromatic heterocycles. The molecule has 2 rings (SSSR count). The number of hydrogen-bond donors (Lipinski definition) is 3. The second-order valence-corrected chi connectivity index (χ2v) is 4.11. The minimum Gasteiger partial charge on any atom is -0.478 e. The molecule has 21 heavy (non-hydrogen) atoms. The molecule has 0 saturated carbocycles. The van der Waals surface area contributed by atoms with Crippen molar-refractivity contribution in [2.75, 3.05) is 12.4 Å². The molecule has 0 saturated heterocycles. The summed E-state index contributed by atoms with van der Waals surface area (Å²) in [5.74, 6) is -1.30. The van der Waals surface area contributed by atoms with Gasteiger partial charge in [-0.15, -0.1) is 0 Å². The van der Waals surface area contributed by atoms with Gasteiger partial charge in [0.05, 0.1) is 11.1 Å². The highest BCUT2D eigenvalue weighted by Gasteiger charge is 2.06. The SMILES string of the molecule is CNc1ncccc1C.O=C(O)c1cccc(C(=O)O)c1. The Morgan fingerprint density at radius 1 is 1.05 bits per heavy atom. The Hall–Kier alpha value is -2.89. The van der Waals surface area contributed by atoms with Crippen LogP contribution in [0.4, 0.5) is 5.82 Å². The van der Waals surface area contributed by atoms with Crippen molar-refractivity contribution in [3.05, 3.63) is 59.3 Å². The Morgan fingerprint density at radius 2 is 1.62 bits per heavy atom. The number of carboxylic acid groups (broad SMARTS) is 2. The first-order chi connectivity index (χ1) is 9.95. The Bertz CT molecular complexity index is 612. The first kappa shape index (κ1) is 16.2. The Balaban J connectivity index is 0.000000219. The number of aromatic carboxylic acids is 2. The first-order valence-corrected chi connectivity index (χ1v) is 6.11. The molecule has 0 fully saturated rings. The van der Waals surface area contributed by atoms with E-state index in [0.29, 0.717) is 0 Å². The van der Waals surface area contributed by atoms with E-state index < -0.39 is 11.9 Å². The van der Waals surface area contributed by atoms with E-state index in [0.717, 1.165) is 11.9 Å². The van der Waals surface area contributed by atoms with E-state index in [2.05, 4.69) is 10.3 Å². The van der Waals surface area contributed by atoms with E-state index in [4.69, 9.17) is 10.2 Å². The van der Waals surface area contributed by atoms with Crippen molar-refractivity contribution >= 4 is 17.8 Å². The summed E-state index contributed by atoms with van der Waals surface area (Å²) in [4.78, 5) is 24.9. The number of anilines is 1. The van der Waals surface area contributed by atoms with Gasteiger partial charge in [0.25, 0.3) is 0 Å². The second-order valence-electron chi connectivity index (χ2n) is 4.11. The average molecular weight is 288 g/mol. The number of aryl methyl sites for hydroxylation is 1. The molecular formula is C15H16N2O4. The fraction of sp³-hybridized carbons (Fsp3) is 0.133. The van der Waals surface area contributed by atoms with Gasteiger partial charge in [-0.3, -0.25) is 0 Å². The van der Waals surface area contributed by atoms with Crippen molar-refractivity contribution in [3.8, 4) is 0 Å². The van der Waals surface area contributed by atoms with Crippen molar-refractivity contribution < 1.29 is 19.8 Å². The summed E-state index contributed by atoms with van der Waals surface area (Å²) < 4.78 is 0. The zero-order valence-corrected chi connectivity index (χ0v) is 11.7. The molecule has 110 valence electrons. The summed E-state index contributed by atoms with van der Waals surface area (Å²) in [6, 6.07) is 9.15. The molecule has 1 aromatic carbocycles. The molecule has 6 nitrogen and oxygen atoms in total. The number of carboxylic acids is 2. The number of benzene rings is 1. The van der Waals surface area contributed by atoms with Crippen LogP contribution in [0.2, 0.25) is 0 Å². The molecule has 0 aliphatic rings. The highest BCUT2D eigenvalue weighted by atomic mass is 16.4. The summed E-state index contributed by atoms with van der Waals surface area (Å²) in [5, 5.41) is 20.0. The molecular weight excluding hydrogens is 272 g/mol. The van der Waals surface area contributed by atoms with Crippen LogP contribution >= 0.6 is 0 Å². The average Bonchev–Trinajstić information content (AvgIpc) is 2.48. The minimum atomic E-state index is -1.13. The first-order valence-electron chi connectivity index (χ1n) is 6.11. The van der Waals surface area contributed by atoms with Gasteiger partial charge in [0.15, 0.2) is 0 Å². The number of carbonyl (C=O) groups is 2. The Labute approximate surface area is 122 Å². The lowest BCUT2D eigenvalue weighted by Crippen LogP contribution is -2.01. The van der Waals surface area contributed by atoms with Crippen LogP contribution in [-0.2, 0) is 0 Å². The molecule has 0 amide bonds. The topological polar surface area (TPSA) is 99.5 Å². The Morgan fingerprint density at radius 3 is 2.00 bits per heavy atom. The predicted octanol–water partition coefficient (Wildman–Crippen LogP) is 2.51. The van der Waals surface area contributed by atoms with Gasteiger partial charge in [0.2, 0.25) is 0 Å². The van der Waals surface area contributed by atoms with E-state index in [1.54, 1.807) is 6.20 Å². The van der Waals surface area contributed by atoms with Crippen molar-refractivity contribution in [2.24, 2.45) is 0 Å². The van der Waals surface area contributed by atoms with Crippen LogP contribution in [0.25, 0.3) is 0 Å². The standard InChI is InChI=1S/C8H6O4.C7H10N2/c9-7(10)5-2-1-3-6(4-5)8(11)12;1-6-4-3-5-9-7(6)8-2/h1-4H,(H,9,10)(H,11,12);3-5H,1-2H3,(H,8,9). The van der Waals surface area contributed by atoms with E-state index in [-0.39, 0.29) is 11.1 Å². The van der Waals surface area contributed by atoms with Gasteiger partial charge in [-0.25, -0.2) is 14.6 Å². The maximum Gasteiger partial charge on any atom is 0.335 e. The summed E-state index contributed by atoms with van der Waals surface area (Å²) >= 11 is 0. The van der Waals surface area contributed by atoms with Crippen molar-refractivity contribution in [1.29, 1.82) is 0 Å². The zero-order valence-electron chi connectivity index (χ0n) is 11.7. The van der Waals surface area contributed by atoms with Gasteiger partial charge >= 0.3 is 11.9 Å². The van der Waals surface area contributed by atoms with Crippen molar-refractivity contribution in [3.63, 3.8) is 0 Å². The third kappa shape index (κ3) is 4.94. The van der Waals surface area contributed by atoms with Crippen LogP contribution in [0.1, 0.15) is 26.3 Å². The van der Waals surface area contributed by atoms with Crippen molar-refractivity contribution in [1.82, 2.24) is 4.98 Å². The molecule has 0 aliphatic carbocycles. The van der Waals surface area contributed by atoms with Crippen LogP contribution in [0.15, 0.2) is 42.6 Å². The molecule has 3 N–H and O–H groups in total. The molecule has 0 aliphatic heterocycles. The van der Waals surface area contributed by atoms with Crippen LogP contribution in [0.5, 0.6) is 0 Å². The van der Waals surface area contributed by atoms with Crippen LogP contribution in [0, 0.1) is 6.92 Å². The zero-order chi connectivity index (χ0) is 15.8. The number of hydrogen-bond acceptors (Lipinski definition) is 4. The molecule has 0 atom stereocenters. The van der Waals surface area contributed by atoms with Gasteiger partial charge < -0.3 is 15.5 Å². The smallest absolute Gasteiger partial charge is 0.335 e. The molecule has 6 heteroatoms. The van der Waals surface area contributed by atoms with Crippen LogP contribution < -0.4 is 5.32 Å². The van der Waals surface area contributed by atoms with Crippen molar-refractivity contribution in [2.45, 2.75) is 6.92 Å². The van der Waals surface area contributed by atoms with Crippen LogP contribution in [-0.4, -0.2) is 34.2 Å². The van der Waals surface area contributed by atoms with E-state index >= 15 is 0 Å². The number of aromatic nitrogens is 1. The monoisotopic (exact) mass is 288 g/mol. The third-order valence-corrected chi connectivity index (χ3v) is 2.60. The summed E-state index contributed by atoms with van der Waals surface area (Å²) in [6.07, 6.45) is 1.78. The van der Waals surface area contributed by atoms with E-state index in [9.17, 15) is 9.59 Å². The number of nitrogens with zero attached hydrogens (tertiary/aromatic N) is 1. The quantitative estimate of drug-likeness (QED) is 0.802. The second kappa shape index (κ2) is 7.64. The molecule has 1 heterocycles. The van der Waals surface area contributed by atoms with E-state index in [1.807, 2.05) is 26.1 Å². The summed E-state index contributed by atoms with van der Waals surface area (Å²) in [5.41, 5.74) is 1.14. The molecule has 0 radical (unpaired) electrons. The highest BCUT2D eigenvalue weighted by Crippen LogP contribution is 2.06. The number of nitrogens with one attached hydrogen (secondary N) is 1. The van der Waals surface area contributed by atoms with Gasteiger partial charge in [0.1, 0.15) is 5.82 Å². The van der Waals surface area contributed by atoms with Crippen LogP contribution in [0.3, 0.4) is 0 Å². The summed E-state index contributed by atoms with van der Waals surface area (Å²) in [7, 11) is 1.87. The Kier molecular flexibility index (Phi) is 5.88. The normalized spacial score (nSPS) is 9.24. The van der Waals surface area contributed by atoms with Gasteiger partial charge in [0, 0.05) is 13.2 Å². The van der Waals surface area contributed by atoms with E-state index in [1.165, 1.54) is 23.8 Å². The van der Waals surface area contributed by atoms with Gasteiger partial charge in [-0.2, -0.15) is 0 Å². The fourth-order valence-electron chi connectivity index (χ4n) is 1.53. The third-order valence-electron chi connectivity index (χ3n) is 2.60.